The van der Waals surface area contributed by atoms with Crippen molar-refractivity contribution in [2.75, 3.05) is 18.4 Å². The molecule has 0 unspecified atom stereocenters. The lowest BCUT2D eigenvalue weighted by Crippen LogP contribution is -2.48. The van der Waals surface area contributed by atoms with Crippen LogP contribution in [-0.4, -0.2) is 19.0 Å². The van der Waals surface area contributed by atoms with Crippen molar-refractivity contribution in [1.29, 1.82) is 0 Å². The number of anilines is 1. The molecule has 1 aromatic rings. The van der Waals surface area contributed by atoms with Crippen molar-refractivity contribution in [3.05, 3.63) is 29.8 Å². The van der Waals surface area contributed by atoms with E-state index in [9.17, 15) is 18.0 Å². The minimum absolute atomic E-state index is 0. The first kappa shape index (κ1) is 14.8. The van der Waals surface area contributed by atoms with E-state index in [0.717, 1.165) is 12.1 Å². The topological polar surface area (TPSA) is 41.1 Å². The Hall–Kier alpha value is -1.27. The zero-order chi connectivity index (χ0) is 12.5. The molecule has 3 nitrogen and oxygen atoms in total. The van der Waals surface area contributed by atoms with Gasteiger partial charge in [0.1, 0.15) is 0 Å². The normalized spacial score (nSPS) is 15.5. The van der Waals surface area contributed by atoms with Crippen molar-refractivity contribution in [3.63, 3.8) is 0 Å². The third-order valence-electron chi connectivity index (χ3n) is 2.61. The van der Waals surface area contributed by atoms with Crippen LogP contribution < -0.4 is 10.6 Å². The van der Waals surface area contributed by atoms with Gasteiger partial charge in [0.15, 0.2) is 0 Å². The number of benzene rings is 1. The standard InChI is InChI=1S/C11H11F3N2O.ClH/c12-11(13,14)8-2-1-3-9(4-8)16-10(17)7-5-15-6-7;/h1-4,7,15H,5-6H2,(H,16,17);1H. The maximum absolute atomic E-state index is 12.4. The Morgan fingerprint density at radius 3 is 2.50 bits per heavy atom. The maximum Gasteiger partial charge on any atom is 0.416 e. The van der Waals surface area contributed by atoms with Crippen molar-refractivity contribution in [2.45, 2.75) is 6.18 Å². The molecular formula is C11H12ClF3N2O. The predicted molar refractivity (Wildman–Crippen MR) is 63.7 cm³/mol. The van der Waals surface area contributed by atoms with Gasteiger partial charge in [-0.2, -0.15) is 13.2 Å². The lowest BCUT2D eigenvalue weighted by molar-refractivity contribution is -0.137. The van der Waals surface area contributed by atoms with E-state index in [0.29, 0.717) is 13.1 Å². The van der Waals surface area contributed by atoms with E-state index in [1.54, 1.807) is 0 Å². The van der Waals surface area contributed by atoms with Gasteiger partial charge in [-0.3, -0.25) is 4.79 Å². The van der Waals surface area contributed by atoms with Gasteiger partial charge >= 0.3 is 6.18 Å². The Morgan fingerprint density at radius 2 is 2.00 bits per heavy atom. The summed E-state index contributed by atoms with van der Waals surface area (Å²) in [6, 6.07) is 4.63. The van der Waals surface area contributed by atoms with E-state index in [1.165, 1.54) is 12.1 Å². The number of hydrogen-bond donors (Lipinski definition) is 2. The van der Waals surface area contributed by atoms with Crippen LogP contribution in [0.5, 0.6) is 0 Å². The average Bonchev–Trinajstić information content (AvgIpc) is 2.13. The molecule has 2 rings (SSSR count). The quantitative estimate of drug-likeness (QED) is 0.873. The second-order valence-corrected chi connectivity index (χ2v) is 3.92. The molecule has 1 aromatic carbocycles. The van der Waals surface area contributed by atoms with Gasteiger partial charge < -0.3 is 10.6 Å². The monoisotopic (exact) mass is 280 g/mol. The predicted octanol–water partition coefficient (Wildman–Crippen LogP) is 2.29. The van der Waals surface area contributed by atoms with Gasteiger partial charge in [-0.05, 0) is 18.2 Å². The summed E-state index contributed by atoms with van der Waals surface area (Å²) in [5.74, 6) is -0.396. The summed E-state index contributed by atoms with van der Waals surface area (Å²) in [5.41, 5.74) is -0.584. The van der Waals surface area contributed by atoms with Crippen LogP contribution in [0.25, 0.3) is 0 Å². The highest BCUT2D eigenvalue weighted by molar-refractivity contribution is 5.93. The van der Waals surface area contributed by atoms with Crippen LogP contribution in [-0.2, 0) is 11.0 Å². The molecule has 1 saturated heterocycles. The number of carbonyl (C=O) groups is 1. The summed E-state index contributed by atoms with van der Waals surface area (Å²) in [6.07, 6.45) is -4.39. The molecule has 0 bridgehead atoms. The Kier molecular flexibility index (Phi) is 4.59. The molecule has 0 spiro atoms. The summed E-state index contributed by atoms with van der Waals surface area (Å²) >= 11 is 0. The van der Waals surface area contributed by atoms with Gasteiger partial charge in [-0.25, -0.2) is 0 Å². The highest BCUT2D eigenvalue weighted by Gasteiger charge is 2.31. The highest BCUT2D eigenvalue weighted by Crippen LogP contribution is 2.30. The second kappa shape index (κ2) is 5.58. The Bertz CT molecular complexity index is 433. The molecule has 0 aliphatic carbocycles. The van der Waals surface area contributed by atoms with Crippen LogP contribution in [0.3, 0.4) is 0 Å². The molecular weight excluding hydrogens is 269 g/mol. The number of carbonyl (C=O) groups excluding carboxylic acids is 1. The van der Waals surface area contributed by atoms with Crippen molar-refractivity contribution in [3.8, 4) is 0 Å². The summed E-state index contributed by atoms with van der Waals surface area (Å²) in [6.45, 7) is 1.15. The lowest BCUT2D eigenvalue weighted by atomic mass is 10.0. The minimum Gasteiger partial charge on any atom is -0.326 e. The molecule has 0 radical (unpaired) electrons. The first-order valence-corrected chi connectivity index (χ1v) is 5.15. The number of halogens is 4. The van der Waals surface area contributed by atoms with Crippen molar-refractivity contribution < 1.29 is 18.0 Å². The molecule has 2 N–H and O–H groups in total. The number of nitrogens with one attached hydrogen (secondary N) is 2. The van der Waals surface area contributed by atoms with Crippen LogP contribution in [0.4, 0.5) is 18.9 Å². The van der Waals surface area contributed by atoms with E-state index >= 15 is 0 Å². The van der Waals surface area contributed by atoms with Crippen LogP contribution in [0.1, 0.15) is 5.56 Å². The maximum atomic E-state index is 12.4. The smallest absolute Gasteiger partial charge is 0.326 e. The molecule has 1 heterocycles. The molecule has 100 valence electrons. The van der Waals surface area contributed by atoms with Gasteiger partial charge in [0.2, 0.25) is 5.91 Å². The fraction of sp³-hybridized carbons (Fsp3) is 0.364. The Labute approximate surface area is 108 Å². The summed E-state index contributed by atoms with van der Waals surface area (Å²) < 4.78 is 37.3. The number of hydrogen-bond acceptors (Lipinski definition) is 2. The van der Waals surface area contributed by atoms with Gasteiger partial charge in [-0.1, -0.05) is 6.07 Å². The summed E-state index contributed by atoms with van der Waals surface area (Å²) in [4.78, 5) is 11.5. The molecule has 0 saturated carbocycles. The number of rotatable bonds is 2. The van der Waals surface area contributed by atoms with E-state index in [-0.39, 0.29) is 29.9 Å². The third-order valence-corrected chi connectivity index (χ3v) is 2.61. The van der Waals surface area contributed by atoms with Gasteiger partial charge in [-0.15, -0.1) is 12.4 Å². The molecule has 7 heteroatoms. The summed E-state index contributed by atoms with van der Waals surface area (Å²) in [7, 11) is 0. The lowest BCUT2D eigenvalue weighted by Gasteiger charge is -2.25. The molecule has 1 aliphatic rings. The number of alkyl halides is 3. The summed E-state index contributed by atoms with van der Waals surface area (Å²) in [5, 5.41) is 5.40. The molecule has 1 fully saturated rings. The Balaban J connectivity index is 0.00000162. The Morgan fingerprint density at radius 1 is 1.33 bits per heavy atom. The van der Waals surface area contributed by atoms with Crippen LogP contribution in [0.15, 0.2) is 24.3 Å². The van der Waals surface area contributed by atoms with Crippen LogP contribution in [0.2, 0.25) is 0 Å². The molecule has 0 atom stereocenters. The minimum atomic E-state index is -4.39. The molecule has 1 amide bonds. The van der Waals surface area contributed by atoms with Crippen molar-refractivity contribution in [2.24, 2.45) is 5.92 Å². The molecule has 0 aromatic heterocycles. The SMILES string of the molecule is Cl.O=C(Nc1cccc(C(F)(F)F)c1)C1CNC1. The number of amides is 1. The van der Waals surface area contributed by atoms with Gasteiger partial charge in [0.25, 0.3) is 0 Å². The first-order valence-electron chi connectivity index (χ1n) is 5.15. The van der Waals surface area contributed by atoms with Crippen molar-refractivity contribution >= 4 is 24.0 Å². The second-order valence-electron chi connectivity index (χ2n) is 3.92. The van der Waals surface area contributed by atoms with E-state index in [4.69, 9.17) is 0 Å². The first-order chi connectivity index (χ1) is 7.97. The van der Waals surface area contributed by atoms with Crippen LogP contribution in [0, 0.1) is 5.92 Å². The zero-order valence-corrected chi connectivity index (χ0v) is 10.1. The van der Waals surface area contributed by atoms with E-state index in [1.807, 2.05) is 0 Å². The van der Waals surface area contributed by atoms with Crippen molar-refractivity contribution in [1.82, 2.24) is 5.32 Å². The molecule has 1 aliphatic heterocycles. The fourth-order valence-corrected chi connectivity index (χ4v) is 1.49. The zero-order valence-electron chi connectivity index (χ0n) is 9.25. The third kappa shape index (κ3) is 3.36. The van der Waals surface area contributed by atoms with E-state index < -0.39 is 11.7 Å². The van der Waals surface area contributed by atoms with E-state index in [2.05, 4.69) is 10.6 Å². The van der Waals surface area contributed by atoms with Gasteiger partial charge in [0.05, 0.1) is 11.5 Å². The highest BCUT2D eigenvalue weighted by atomic mass is 35.5. The fourth-order valence-electron chi connectivity index (χ4n) is 1.49. The van der Waals surface area contributed by atoms with Gasteiger partial charge in [0, 0.05) is 18.8 Å². The average molecular weight is 281 g/mol. The van der Waals surface area contributed by atoms with Crippen LogP contribution >= 0.6 is 12.4 Å². The largest absolute Gasteiger partial charge is 0.416 e. The molecule has 18 heavy (non-hydrogen) atoms.